The van der Waals surface area contributed by atoms with E-state index in [1.807, 2.05) is 0 Å². The molecule has 0 saturated heterocycles. The van der Waals surface area contributed by atoms with Crippen LogP contribution >= 0.6 is 0 Å². The molecule has 2 heterocycles. The Kier molecular flexibility index (Phi) is 4.67. The molecule has 0 aliphatic rings. The molecule has 8 nitrogen and oxygen atoms in total. The number of benzene rings is 2. The molecule has 10 heteroatoms. The van der Waals surface area contributed by atoms with Crippen molar-refractivity contribution in [3.63, 3.8) is 0 Å². The quantitative estimate of drug-likeness (QED) is 0.518. The van der Waals surface area contributed by atoms with Gasteiger partial charge in [0.05, 0.1) is 21.9 Å². The first-order valence-corrected chi connectivity index (χ1v) is 8.57. The number of hydrogen-bond donors (Lipinski definition) is 1. The van der Waals surface area contributed by atoms with Gasteiger partial charge < -0.3 is 4.74 Å². The van der Waals surface area contributed by atoms with Crippen LogP contribution in [0.2, 0.25) is 0 Å². The lowest BCUT2D eigenvalue weighted by Crippen LogP contribution is -2.32. The number of alkyl halides is 2. The largest absolute Gasteiger partial charge is 0.456 e. The van der Waals surface area contributed by atoms with E-state index in [2.05, 4.69) is 9.97 Å². The van der Waals surface area contributed by atoms with Gasteiger partial charge in [0.15, 0.2) is 5.82 Å². The summed E-state index contributed by atoms with van der Waals surface area (Å²) in [6.07, 6.45) is 0. The van der Waals surface area contributed by atoms with Gasteiger partial charge in [-0.05, 0) is 24.3 Å². The Morgan fingerprint density at radius 2 is 1.76 bits per heavy atom. The highest BCUT2D eigenvalue weighted by atomic mass is 19.3. The number of para-hydroxylation sites is 3. The van der Waals surface area contributed by atoms with Crippen molar-refractivity contribution in [1.29, 1.82) is 0 Å². The molecule has 4 aromatic rings. The number of carbonyl (C=O) groups excluding carboxylic acids is 1. The number of carbonyl (C=O) groups is 1. The van der Waals surface area contributed by atoms with Crippen LogP contribution in [0.3, 0.4) is 0 Å². The Hall–Kier alpha value is -3.82. The number of fused-ring (bicyclic) bond motifs is 2. The smallest absolute Gasteiger partial charge is 0.329 e. The molecule has 0 fully saturated rings. The molecule has 0 bridgehead atoms. The van der Waals surface area contributed by atoms with Crippen LogP contribution in [0.15, 0.2) is 58.1 Å². The number of ether oxygens (including phenoxy) is 1. The van der Waals surface area contributed by atoms with E-state index in [1.54, 1.807) is 30.3 Å². The lowest BCUT2D eigenvalue weighted by atomic mass is 10.2. The maximum Gasteiger partial charge on any atom is 0.329 e. The van der Waals surface area contributed by atoms with E-state index < -0.39 is 36.9 Å². The highest BCUT2D eigenvalue weighted by Crippen LogP contribution is 2.23. The maximum absolute atomic E-state index is 13.4. The molecule has 0 aliphatic heterocycles. The highest BCUT2D eigenvalue weighted by molar-refractivity contribution is 5.80. The van der Waals surface area contributed by atoms with Crippen LogP contribution in [0.5, 0.6) is 0 Å². The topological polar surface area (TPSA) is 99.0 Å². The fraction of sp³-hybridized carbons (Fsp3) is 0.158. The number of imidazole rings is 1. The minimum absolute atomic E-state index is 0.117. The first kappa shape index (κ1) is 18.5. The molecular weight excluding hydrogens is 386 g/mol. The third-order valence-corrected chi connectivity index (χ3v) is 4.42. The SMILES string of the molecule is O=C(Cn1c(=O)[nH]c(=O)c2ccccc21)OCc1nc2ccccc2n1C(F)F. The van der Waals surface area contributed by atoms with Crippen molar-refractivity contribution in [3.05, 3.63) is 75.2 Å². The van der Waals surface area contributed by atoms with Crippen LogP contribution in [0.4, 0.5) is 8.78 Å². The molecule has 1 N–H and O–H groups in total. The number of H-pyrrole nitrogens is 1. The van der Waals surface area contributed by atoms with E-state index in [0.29, 0.717) is 10.1 Å². The molecule has 0 radical (unpaired) electrons. The Bertz CT molecular complexity index is 1340. The Balaban J connectivity index is 1.59. The standard InChI is InChI=1S/C19H14F2N4O4/c20-18(21)25-14-8-4-2-6-12(14)22-15(25)10-29-16(26)9-24-13-7-3-1-5-11(13)17(27)23-19(24)28/h1-8,18H,9-10H2,(H,23,27,28). The number of aromatic amines is 1. The van der Waals surface area contributed by atoms with Gasteiger partial charge in [-0.1, -0.05) is 24.3 Å². The molecule has 148 valence electrons. The second-order valence-corrected chi connectivity index (χ2v) is 6.19. The Morgan fingerprint density at radius 1 is 1.07 bits per heavy atom. The fourth-order valence-electron chi connectivity index (χ4n) is 3.13. The number of halogens is 2. The summed E-state index contributed by atoms with van der Waals surface area (Å²) < 4.78 is 33.7. The summed E-state index contributed by atoms with van der Waals surface area (Å²) in [5.74, 6) is -0.953. The Morgan fingerprint density at radius 3 is 2.52 bits per heavy atom. The monoisotopic (exact) mass is 400 g/mol. The second-order valence-electron chi connectivity index (χ2n) is 6.19. The van der Waals surface area contributed by atoms with Crippen LogP contribution in [0, 0.1) is 0 Å². The van der Waals surface area contributed by atoms with Crippen molar-refractivity contribution in [1.82, 2.24) is 19.1 Å². The van der Waals surface area contributed by atoms with Gasteiger partial charge in [-0.3, -0.25) is 23.7 Å². The zero-order valence-corrected chi connectivity index (χ0v) is 14.8. The molecule has 4 rings (SSSR count). The number of rotatable bonds is 5. The van der Waals surface area contributed by atoms with E-state index in [4.69, 9.17) is 4.74 Å². The molecule has 0 amide bonds. The van der Waals surface area contributed by atoms with Gasteiger partial charge >= 0.3 is 18.2 Å². The predicted molar refractivity (Wildman–Crippen MR) is 99.6 cm³/mol. The average Bonchev–Trinajstić information content (AvgIpc) is 3.08. The number of nitrogens with zero attached hydrogens (tertiary/aromatic N) is 3. The molecule has 2 aromatic carbocycles. The molecular formula is C19H14F2N4O4. The van der Waals surface area contributed by atoms with E-state index >= 15 is 0 Å². The van der Waals surface area contributed by atoms with E-state index in [9.17, 15) is 23.2 Å². The van der Waals surface area contributed by atoms with Gasteiger partial charge in [0.2, 0.25) is 0 Å². The maximum atomic E-state index is 13.4. The number of hydrogen-bond acceptors (Lipinski definition) is 5. The van der Waals surface area contributed by atoms with E-state index in [0.717, 1.165) is 4.57 Å². The normalized spacial score (nSPS) is 11.4. The van der Waals surface area contributed by atoms with Gasteiger partial charge in [-0.15, -0.1) is 0 Å². The van der Waals surface area contributed by atoms with Crippen molar-refractivity contribution < 1.29 is 18.3 Å². The third-order valence-electron chi connectivity index (χ3n) is 4.42. The third kappa shape index (κ3) is 3.40. The van der Waals surface area contributed by atoms with Gasteiger partial charge in [0, 0.05) is 0 Å². The van der Waals surface area contributed by atoms with Gasteiger partial charge in [0.25, 0.3) is 5.56 Å². The summed E-state index contributed by atoms with van der Waals surface area (Å²) >= 11 is 0. The zero-order valence-electron chi connectivity index (χ0n) is 14.8. The molecule has 0 saturated carbocycles. The molecule has 0 spiro atoms. The van der Waals surface area contributed by atoms with Crippen molar-refractivity contribution >= 4 is 27.9 Å². The van der Waals surface area contributed by atoms with Crippen LogP contribution in [0.25, 0.3) is 21.9 Å². The first-order valence-electron chi connectivity index (χ1n) is 8.57. The van der Waals surface area contributed by atoms with Crippen LogP contribution in [-0.2, 0) is 22.7 Å². The summed E-state index contributed by atoms with van der Waals surface area (Å²) in [7, 11) is 0. The van der Waals surface area contributed by atoms with Crippen molar-refractivity contribution in [3.8, 4) is 0 Å². The Labute approximate surface area is 161 Å². The molecule has 29 heavy (non-hydrogen) atoms. The summed E-state index contributed by atoms with van der Waals surface area (Å²) in [4.78, 5) is 42.5. The van der Waals surface area contributed by atoms with Crippen LogP contribution in [0.1, 0.15) is 12.4 Å². The van der Waals surface area contributed by atoms with Crippen molar-refractivity contribution in [2.45, 2.75) is 19.7 Å². The summed E-state index contributed by atoms with van der Waals surface area (Å²) in [5.41, 5.74) is -0.512. The van der Waals surface area contributed by atoms with Crippen LogP contribution in [-0.4, -0.2) is 25.1 Å². The molecule has 2 aromatic heterocycles. The van der Waals surface area contributed by atoms with Gasteiger partial charge in [-0.2, -0.15) is 8.78 Å². The summed E-state index contributed by atoms with van der Waals surface area (Å²) in [6.45, 7) is -3.85. The number of esters is 1. The first-order chi connectivity index (χ1) is 14.0. The van der Waals surface area contributed by atoms with E-state index in [1.165, 1.54) is 18.2 Å². The van der Waals surface area contributed by atoms with Gasteiger partial charge in [0.1, 0.15) is 13.2 Å². The fourth-order valence-corrected chi connectivity index (χ4v) is 3.13. The predicted octanol–water partition coefficient (Wildman–Crippen LogP) is 2.18. The highest BCUT2D eigenvalue weighted by Gasteiger charge is 2.19. The molecule has 0 atom stereocenters. The average molecular weight is 400 g/mol. The molecule has 0 unspecified atom stereocenters. The number of nitrogens with one attached hydrogen (secondary N) is 1. The lowest BCUT2D eigenvalue weighted by Gasteiger charge is -2.10. The summed E-state index contributed by atoms with van der Waals surface area (Å²) in [6, 6.07) is 12.6. The number of aromatic nitrogens is 4. The second kappa shape index (κ2) is 7.30. The molecule has 0 aliphatic carbocycles. The van der Waals surface area contributed by atoms with Crippen molar-refractivity contribution in [2.24, 2.45) is 0 Å². The minimum Gasteiger partial charge on any atom is -0.456 e. The van der Waals surface area contributed by atoms with E-state index in [-0.39, 0.29) is 22.2 Å². The van der Waals surface area contributed by atoms with Gasteiger partial charge in [-0.25, -0.2) is 9.78 Å². The van der Waals surface area contributed by atoms with Crippen LogP contribution < -0.4 is 11.2 Å². The van der Waals surface area contributed by atoms with Crippen molar-refractivity contribution in [2.75, 3.05) is 0 Å². The summed E-state index contributed by atoms with van der Waals surface area (Å²) in [5, 5.41) is 0.236. The lowest BCUT2D eigenvalue weighted by molar-refractivity contribution is -0.146. The minimum atomic E-state index is -2.86. The zero-order chi connectivity index (χ0) is 20.5.